The number of benzene rings is 1. The maximum Gasteiger partial charge on any atom is 0.287 e. The summed E-state index contributed by atoms with van der Waals surface area (Å²) < 4.78 is 5.61. The Bertz CT molecular complexity index is 779. The van der Waals surface area contributed by atoms with Gasteiger partial charge in [0.2, 0.25) is 0 Å². The summed E-state index contributed by atoms with van der Waals surface area (Å²) >= 11 is 1.64. The Morgan fingerprint density at radius 2 is 2.35 bits per heavy atom. The molecule has 0 radical (unpaired) electrons. The molecule has 0 aliphatic carbocycles. The first kappa shape index (κ1) is 14.3. The fourth-order valence-electron chi connectivity index (χ4n) is 3.05. The fourth-order valence-corrected chi connectivity index (χ4v) is 3.79. The molecule has 23 heavy (non-hydrogen) atoms. The lowest BCUT2D eigenvalue weighted by atomic mass is 10.2. The van der Waals surface area contributed by atoms with E-state index in [0.29, 0.717) is 18.3 Å². The lowest BCUT2D eigenvalue weighted by molar-refractivity contribution is 0.0926. The molecule has 1 aliphatic heterocycles. The largest absolute Gasteiger partial charge is 0.451 e. The number of para-hydroxylation sites is 1. The molecular weight excluding hydrogens is 310 g/mol. The van der Waals surface area contributed by atoms with E-state index in [-0.39, 0.29) is 5.91 Å². The van der Waals surface area contributed by atoms with Crippen LogP contribution in [0.15, 0.2) is 46.3 Å². The number of fused-ring (bicyclic) bond motifs is 1. The molecule has 0 spiro atoms. The van der Waals surface area contributed by atoms with Crippen molar-refractivity contribution >= 4 is 33.3 Å². The van der Waals surface area contributed by atoms with Crippen LogP contribution < -0.4 is 10.2 Å². The summed E-state index contributed by atoms with van der Waals surface area (Å²) in [5.74, 6) is 0.206. The molecule has 1 aromatic carbocycles. The number of hydrogen-bond donors (Lipinski definition) is 1. The van der Waals surface area contributed by atoms with Gasteiger partial charge in [0.1, 0.15) is 5.58 Å². The van der Waals surface area contributed by atoms with Gasteiger partial charge in [-0.1, -0.05) is 18.2 Å². The van der Waals surface area contributed by atoms with E-state index in [0.717, 1.165) is 35.5 Å². The molecular formula is C17H17N3O2S. The van der Waals surface area contributed by atoms with Gasteiger partial charge in [0.05, 0.1) is 0 Å². The number of nitrogens with one attached hydrogen (secondary N) is 1. The van der Waals surface area contributed by atoms with Crippen LogP contribution in [0, 0.1) is 0 Å². The van der Waals surface area contributed by atoms with Gasteiger partial charge in [-0.05, 0) is 25.0 Å². The van der Waals surface area contributed by atoms with Crippen molar-refractivity contribution in [2.75, 3.05) is 18.0 Å². The standard InChI is InChI=1S/C17H17N3O2S/c21-16(15-10-12-4-1-2-6-14(12)22-15)19-11-13-5-3-8-20(13)17-18-7-9-23-17/h1-2,4,6-7,9-10,13H,3,5,8,11H2,(H,19,21). The molecule has 1 amide bonds. The van der Waals surface area contributed by atoms with E-state index < -0.39 is 0 Å². The van der Waals surface area contributed by atoms with E-state index in [4.69, 9.17) is 4.42 Å². The Balaban J connectivity index is 1.43. The molecule has 6 heteroatoms. The van der Waals surface area contributed by atoms with Crippen LogP contribution >= 0.6 is 11.3 Å². The first-order valence-corrected chi connectivity index (χ1v) is 8.62. The molecule has 1 saturated heterocycles. The van der Waals surface area contributed by atoms with E-state index in [9.17, 15) is 4.79 Å². The maximum atomic E-state index is 12.3. The smallest absolute Gasteiger partial charge is 0.287 e. The van der Waals surface area contributed by atoms with Gasteiger partial charge < -0.3 is 14.6 Å². The molecule has 1 unspecified atom stereocenters. The van der Waals surface area contributed by atoms with Crippen molar-refractivity contribution in [1.82, 2.24) is 10.3 Å². The third-order valence-electron chi connectivity index (χ3n) is 4.19. The number of amides is 1. The van der Waals surface area contributed by atoms with Crippen LogP contribution in [0.3, 0.4) is 0 Å². The highest BCUT2D eigenvalue weighted by Gasteiger charge is 2.27. The zero-order chi connectivity index (χ0) is 15.6. The summed E-state index contributed by atoms with van der Waals surface area (Å²) in [7, 11) is 0. The second kappa shape index (κ2) is 6.04. The number of carbonyl (C=O) groups is 1. The number of carbonyl (C=O) groups excluding carboxylic acids is 1. The van der Waals surface area contributed by atoms with Gasteiger partial charge in [-0.3, -0.25) is 4.79 Å². The molecule has 5 nitrogen and oxygen atoms in total. The Kier molecular flexibility index (Phi) is 3.75. The predicted molar refractivity (Wildman–Crippen MR) is 91.0 cm³/mol. The first-order valence-electron chi connectivity index (χ1n) is 7.74. The summed E-state index contributed by atoms with van der Waals surface area (Å²) in [5, 5.41) is 6.96. The monoisotopic (exact) mass is 327 g/mol. The lowest BCUT2D eigenvalue weighted by Crippen LogP contribution is -2.40. The molecule has 4 rings (SSSR count). The summed E-state index contributed by atoms with van der Waals surface area (Å²) in [6.07, 6.45) is 4.02. The summed E-state index contributed by atoms with van der Waals surface area (Å²) in [6.45, 7) is 1.61. The van der Waals surface area contributed by atoms with Gasteiger partial charge in [-0.2, -0.15) is 0 Å². The molecule has 1 fully saturated rings. The highest BCUT2D eigenvalue weighted by Crippen LogP contribution is 2.27. The fraction of sp³-hybridized carbons (Fsp3) is 0.294. The van der Waals surface area contributed by atoms with E-state index in [1.165, 1.54) is 0 Å². The number of rotatable bonds is 4. The molecule has 0 bridgehead atoms. The van der Waals surface area contributed by atoms with E-state index >= 15 is 0 Å². The summed E-state index contributed by atoms with van der Waals surface area (Å²) in [4.78, 5) is 19.0. The second-order valence-corrected chi connectivity index (χ2v) is 6.54. The number of hydrogen-bond acceptors (Lipinski definition) is 5. The summed E-state index contributed by atoms with van der Waals surface area (Å²) in [6, 6.07) is 9.73. The number of nitrogens with zero attached hydrogens (tertiary/aromatic N) is 2. The minimum Gasteiger partial charge on any atom is -0.451 e. The molecule has 118 valence electrons. The number of anilines is 1. The van der Waals surface area contributed by atoms with Gasteiger partial charge in [0.25, 0.3) is 5.91 Å². The van der Waals surface area contributed by atoms with Crippen LogP contribution in [-0.2, 0) is 0 Å². The molecule has 3 heterocycles. The van der Waals surface area contributed by atoms with Crippen LogP contribution in [0.4, 0.5) is 5.13 Å². The van der Waals surface area contributed by atoms with Gasteiger partial charge >= 0.3 is 0 Å². The Morgan fingerprint density at radius 3 is 3.17 bits per heavy atom. The van der Waals surface area contributed by atoms with Crippen LogP contribution in [0.1, 0.15) is 23.4 Å². The van der Waals surface area contributed by atoms with Crippen molar-refractivity contribution in [2.45, 2.75) is 18.9 Å². The predicted octanol–water partition coefficient (Wildman–Crippen LogP) is 3.29. The molecule has 1 aliphatic rings. The third kappa shape index (κ3) is 2.82. The zero-order valence-electron chi connectivity index (χ0n) is 12.6. The minimum absolute atomic E-state index is 0.160. The van der Waals surface area contributed by atoms with Crippen LogP contribution in [0.25, 0.3) is 11.0 Å². The normalized spacial score (nSPS) is 17.7. The van der Waals surface area contributed by atoms with E-state index in [2.05, 4.69) is 15.2 Å². The molecule has 0 saturated carbocycles. The number of thiazole rings is 1. The third-order valence-corrected chi connectivity index (χ3v) is 5.00. The highest BCUT2D eigenvalue weighted by atomic mass is 32.1. The Morgan fingerprint density at radius 1 is 1.43 bits per heavy atom. The minimum atomic E-state index is -0.160. The number of aromatic nitrogens is 1. The maximum absolute atomic E-state index is 12.3. The SMILES string of the molecule is O=C(NCC1CCCN1c1nccs1)c1cc2ccccc2o1. The highest BCUT2D eigenvalue weighted by molar-refractivity contribution is 7.13. The average Bonchev–Trinajstić information content (AvgIpc) is 3.30. The van der Waals surface area contributed by atoms with Crippen LogP contribution in [-0.4, -0.2) is 30.0 Å². The van der Waals surface area contributed by atoms with Gasteiger partial charge in [-0.25, -0.2) is 4.98 Å². The second-order valence-electron chi connectivity index (χ2n) is 5.66. The molecule has 1 atom stereocenters. The Labute approximate surface area is 137 Å². The van der Waals surface area contributed by atoms with Crippen molar-refractivity contribution in [3.8, 4) is 0 Å². The average molecular weight is 327 g/mol. The number of furan rings is 1. The van der Waals surface area contributed by atoms with E-state index in [1.807, 2.05) is 35.8 Å². The molecule has 2 aromatic heterocycles. The molecule has 3 aromatic rings. The topological polar surface area (TPSA) is 58.4 Å². The van der Waals surface area contributed by atoms with Crippen molar-refractivity contribution in [3.63, 3.8) is 0 Å². The molecule has 1 N–H and O–H groups in total. The van der Waals surface area contributed by atoms with Crippen molar-refractivity contribution in [3.05, 3.63) is 47.7 Å². The van der Waals surface area contributed by atoms with E-state index in [1.54, 1.807) is 17.4 Å². The van der Waals surface area contributed by atoms with Gasteiger partial charge in [-0.15, -0.1) is 11.3 Å². The van der Waals surface area contributed by atoms with Crippen LogP contribution in [0.5, 0.6) is 0 Å². The van der Waals surface area contributed by atoms with Gasteiger partial charge in [0.15, 0.2) is 10.9 Å². The van der Waals surface area contributed by atoms with Crippen molar-refractivity contribution in [2.24, 2.45) is 0 Å². The van der Waals surface area contributed by atoms with Crippen LogP contribution in [0.2, 0.25) is 0 Å². The van der Waals surface area contributed by atoms with Crippen molar-refractivity contribution in [1.29, 1.82) is 0 Å². The quantitative estimate of drug-likeness (QED) is 0.799. The lowest BCUT2D eigenvalue weighted by Gasteiger charge is -2.23. The summed E-state index contributed by atoms with van der Waals surface area (Å²) in [5.41, 5.74) is 0.739. The van der Waals surface area contributed by atoms with Gasteiger partial charge in [0, 0.05) is 36.1 Å². The first-order chi connectivity index (χ1) is 11.3. The Hall–Kier alpha value is -2.34. The van der Waals surface area contributed by atoms with Crippen molar-refractivity contribution < 1.29 is 9.21 Å². The zero-order valence-corrected chi connectivity index (χ0v) is 13.4.